The van der Waals surface area contributed by atoms with E-state index in [0.29, 0.717) is 22.8 Å². The molecule has 1 aromatic heterocycles. The zero-order valence-electron chi connectivity index (χ0n) is 13.7. The smallest absolute Gasteiger partial charge is 0.226 e. The highest BCUT2D eigenvalue weighted by Crippen LogP contribution is 2.36. The fraction of sp³-hybridized carbons (Fsp3) is 0.158. The lowest BCUT2D eigenvalue weighted by molar-refractivity contribution is 0.105. The summed E-state index contributed by atoms with van der Waals surface area (Å²) in [5, 5.41) is 0. The molecule has 0 saturated carbocycles. The van der Waals surface area contributed by atoms with Gasteiger partial charge in [-0.05, 0) is 13.0 Å². The van der Waals surface area contributed by atoms with Crippen LogP contribution in [0, 0.1) is 6.92 Å². The molecule has 1 aromatic carbocycles. The second-order valence-corrected chi connectivity index (χ2v) is 6.00. The fourth-order valence-electron chi connectivity index (χ4n) is 3.02. The Morgan fingerprint density at radius 2 is 1.62 bits per heavy atom. The zero-order valence-corrected chi connectivity index (χ0v) is 13.7. The molecule has 0 amide bonds. The van der Waals surface area contributed by atoms with Gasteiger partial charge in [0.25, 0.3) is 0 Å². The standard InChI is InChI=1S/C19H16N4O/c1-11-12(9-6-10-20-11)15-17-16(21-19(22-17)23(2)3)13-7-4-5-8-14(13)18(15)24/h4-10H,1-3H3. The lowest BCUT2D eigenvalue weighted by atomic mass is 9.83. The zero-order chi connectivity index (χ0) is 16.8. The number of rotatable bonds is 1. The van der Waals surface area contributed by atoms with Gasteiger partial charge in [0.15, 0.2) is 5.78 Å². The van der Waals surface area contributed by atoms with Crippen molar-refractivity contribution in [2.75, 3.05) is 14.1 Å². The van der Waals surface area contributed by atoms with Gasteiger partial charge >= 0.3 is 0 Å². The molecule has 1 aliphatic carbocycles. The highest BCUT2D eigenvalue weighted by molar-refractivity contribution is 6.43. The van der Waals surface area contributed by atoms with Gasteiger partial charge in [0.2, 0.25) is 5.96 Å². The van der Waals surface area contributed by atoms with Crippen molar-refractivity contribution in [2.24, 2.45) is 9.98 Å². The van der Waals surface area contributed by atoms with Crippen LogP contribution in [0.3, 0.4) is 0 Å². The van der Waals surface area contributed by atoms with E-state index in [1.165, 1.54) is 0 Å². The first-order valence-corrected chi connectivity index (χ1v) is 7.73. The third kappa shape index (κ3) is 2.01. The van der Waals surface area contributed by atoms with Gasteiger partial charge in [-0.2, -0.15) is 0 Å². The van der Waals surface area contributed by atoms with E-state index in [1.54, 1.807) is 6.20 Å². The quantitative estimate of drug-likeness (QED) is 0.813. The Hall–Kier alpha value is -3.08. The van der Waals surface area contributed by atoms with E-state index in [2.05, 4.69) is 15.0 Å². The summed E-state index contributed by atoms with van der Waals surface area (Å²) in [5.41, 5.74) is 5.08. The van der Waals surface area contributed by atoms with Crippen LogP contribution in [0.2, 0.25) is 0 Å². The molecule has 0 radical (unpaired) electrons. The predicted octanol–water partition coefficient (Wildman–Crippen LogP) is 2.72. The van der Waals surface area contributed by atoms with E-state index in [9.17, 15) is 4.79 Å². The van der Waals surface area contributed by atoms with Crippen LogP contribution >= 0.6 is 0 Å². The van der Waals surface area contributed by atoms with Gasteiger partial charge in [-0.25, -0.2) is 9.98 Å². The third-order valence-corrected chi connectivity index (χ3v) is 4.21. The minimum atomic E-state index is -0.0283. The molecule has 4 rings (SSSR count). The summed E-state index contributed by atoms with van der Waals surface area (Å²) in [6.45, 7) is 1.90. The number of ketones is 1. The fourth-order valence-corrected chi connectivity index (χ4v) is 3.02. The Labute approximate surface area is 140 Å². The lowest BCUT2D eigenvalue weighted by Gasteiger charge is -2.19. The van der Waals surface area contributed by atoms with Crippen LogP contribution in [0.5, 0.6) is 0 Å². The second kappa shape index (κ2) is 5.23. The molecular weight excluding hydrogens is 300 g/mol. The number of carbonyl (C=O) groups is 1. The topological polar surface area (TPSA) is 57.9 Å². The largest absolute Gasteiger partial charge is 0.347 e. The maximum absolute atomic E-state index is 13.2. The first kappa shape index (κ1) is 14.5. The van der Waals surface area contributed by atoms with Crippen molar-refractivity contribution < 1.29 is 4.79 Å². The number of nitrogens with zero attached hydrogens (tertiary/aromatic N) is 4. The average molecular weight is 316 g/mol. The van der Waals surface area contributed by atoms with Gasteiger partial charge in [0.05, 0.1) is 5.57 Å². The molecule has 5 heteroatoms. The summed E-state index contributed by atoms with van der Waals surface area (Å²) in [7, 11) is 3.78. The number of aliphatic imine (C=N–C) groups is 2. The van der Waals surface area contributed by atoms with Crippen LogP contribution in [0.1, 0.15) is 27.2 Å². The van der Waals surface area contributed by atoms with Gasteiger partial charge in [0.1, 0.15) is 11.4 Å². The number of carbonyl (C=O) groups excluding carboxylic acids is 1. The molecule has 1 aliphatic heterocycles. The summed E-state index contributed by atoms with van der Waals surface area (Å²) in [5.74, 6) is 0.572. The Kier molecular flexibility index (Phi) is 3.16. The molecule has 0 bridgehead atoms. The molecule has 0 saturated heterocycles. The second-order valence-electron chi connectivity index (χ2n) is 6.00. The van der Waals surface area contributed by atoms with Crippen LogP contribution in [0.15, 0.2) is 58.3 Å². The van der Waals surface area contributed by atoms with Crippen LogP contribution in [0.4, 0.5) is 0 Å². The number of pyridine rings is 1. The summed E-state index contributed by atoms with van der Waals surface area (Å²) < 4.78 is 0. The number of aromatic nitrogens is 1. The monoisotopic (exact) mass is 316 g/mol. The molecule has 24 heavy (non-hydrogen) atoms. The minimum absolute atomic E-state index is 0.0283. The van der Waals surface area contributed by atoms with E-state index < -0.39 is 0 Å². The molecule has 0 N–H and O–H groups in total. The lowest BCUT2D eigenvalue weighted by Crippen LogP contribution is -2.20. The summed E-state index contributed by atoms with van der Waals surface area (Å²) in [6, 6.07) is 11.3. The first-order valence-electron chi connectivity index (χ1n) is 7.73. The molecule has 0 atom stereocenters. The van der Waals surface area contributed by atoms with Crippen molar-refractivity contribution in [2.45, 2.75) is 6.92 Å². The highest BCUT2D eigenvalue weighted by Gasteiger charge is 2.35. The number of hydrogen-bond acceptors (Lipinski definition) is 5. The maximum Gasteiger partial charge on any atom is 0.226 e. The summed E-state index contributed by atoms with van der Waals surface area (Å²) in [4.78, 5) is 28.6. The van der Waals surface area contributed by atoms with E-state index in [4.69, 9.17) is 0 Å². The maximum atomic E-state index is 13.2. The molecule has 2 aliphatic rings. The van der Waals surface area contributed by atoms with E-state index in [-0.39, 0.29) is 5.78 Å². The molecule has 2 aromatic rings. The van der Waals surface area contributed by atoms with Crippen molar-refractivity contribution in [3.63, 3.8) is 0 Å². The number of benzene rings is 1. The van der Waals surface area contributed by atoms with Crippen molar-refractivity contribution in [3.8, 4) is 0 Å². The van der Waals surface area contributed by atoms with E-state index in [1.807, 2.05) is 62.3 Å². The number of allylic oxidation sites excluding steroid dienone is 2. The number of hydrogen-bond donors (Lipinski definition) is 0. The molecule has 118 valence electrons. The van der Waals surface area contributed by atoms with Crippen molar-refractivity contribution in [1.82, 2.24) is 9.88 Å². The molecule has 0 unspecified atom stereocenters. The predicted molar refractivity (Wildman–Crippen MR) is 94.3 cm³/mol. The molecular formula is C19H16N4O. The van der Waals surface area contributed by atoms with Gasteiger partial charge in [-0.1, -0.05) is 30.3 Å². The number of Topliss-reactive ketones (excluding diaryl/α,β-unsaturated/α-hetero) is 1. The molecule has 0 fully saturated rings. The van der Waals surface area contributed by atoms with Crippen LogP contribution in [-0.4, -0.2) is 41.4 Å². The average Bonchev–Trinajstić information content (AvgIpc) is 3.02. The number of guanidine groups is 1. The van der Waals surface area contributed by atoms with Crippen molar-refractivity contribution >= 4 is 23.0 Å². The Bertz CT molecular complexity index is 967. The number of fused-ring (bicyclic) bond motifs is 3. The normalized spacial score (nSPS) is 15.7. The number of aryl methyl sites for hydroxylation is 1. The van der Waals surface area contributed by atoms with Crippen molar-refractivity contribution in [1.29, 1.82) is 0 Å². The van der Waals surface area contributed by atoms with E-state index in [0.717, 1.165) is 22.5 Å². The van der Waals surface area contributed by atoms with Crippen molar-refractivity contribution in [3.05, 3.63) is 70.7 Å². The van der Waals surface area contributed by atoms with Gasteiger partial charge in [0, 0.05) is 42.7 Å². The molecule has 0 spiro atoms. The summed E-state index contributed by atoms with van der Waals surface area (Å²) >= 11 is 0. The molecule has 5 nitrogen and oxygen atoms in total. The first-order chi connectivity index (χ1) is 11.6. The third-order valence-electron chi connectivity index (χ3n) is 4.21. The minimum Gasteiger partial charge on any atom is -0.347 e. The Morgan fingerprint density at radius 1 is 0.917 bits per heavy atom. The van der Waals surface area contributed by atoms with Gasteiger partial charge < -0.3 is 4.90 Å². The van der Waals surface area contributed by atoms with Gasteiger partial charge in [-0.15, -0.1) is 0 Å². The van der Waals surface area contributed by atoms with Gasteiger partial charge in [-0.3, -0.25) is 9.78 Å². The summed E-state index contributed by atoms with van der Waals surface area (Å²) in [6.07, 6.45) is 1.73. The van der Waals surface area contributed by atoms with Crippen LogP contribution in [-0.2, 0) is 0 Å². The SMILES string of the molecule is Cc1ncccc1C1=C2N=C(N(C)C)N=C2c2ccccc2C1=O. The highest BCUT2D eigenvalue weighted by atomic mass is 16.1. The molecule has 2 heterocycles. The van der Waals surface area contributed by atoms with Crippen LogP contribution < -0.4 is 0 Å². The Morgan fingerprint density at radius 3 is 2.33 bits per heavy atom. The Balaban J connectivity index is 2.05. The van der Waals surface area contributed by atoms with E-state index >= 15 is 0 Å². The van der Waals surface area contributed by atoms with Crippen LogP contribution in [0.25, 0.3) is 5.57 Å².